The molecule has 0 bridgehead atoms. The number of halogens is 1. The molecule has 3 nitrogen and oxygen atoms in total. The number of hydrogen-bond donors (Lipinski definition) is 0. The molecule has 0 N–H and O–H groups in total. The van der Waals surface area contributed by atoms with Crippen LogP contribution in [0, 0.1) is 12.3 Å². The van der Waals surface area contributed by atoms with Gasteiger partial charge in [0.15, 0.2) is 0 Å². The minimum absolute atomic E-state index is 0.449. The lowest BCUT2D eigenvalue weighted by molar-refractivity contribution is -0.246. The normalized spacial score (nSPS) is 11.5. The summed E-state index contributed by atoms with van der Waals surface area (Å²) >= 11 is 5.69. The number of carbonyl (C=O) groups is 1. The average molecular weight is 223 g/mol. The molecule has 78 valence electrons. The van der Waals surface area contributed by atoms with Crippen LogP contribution in [0.4, 0.5) is 10.5 Å². The van der Waals surface area contributed by atoms with Crippen molar-refractivity contribution in [3.05, 3.63) is 29.3 Å². The summed E-state index contributed by atoms with van der Waals surface area (Å²) in [5.74, 6) is 2.33. The van der Waals surface area contributed by atoms with Crippen LogP contribution in [0.25, 0.3) is 0 Å². The van der Waals surface area contributed by atoms with Crippen molar-refractivity contribution in [2.45, 2.75) is 13.0 Å². The summed E-state index contributed by atoms with van der Waals surface area (Å²) in [6.07, 6.45) is 3.84. The predicted molar refractivity (Wildman–Crippen MR) is 57.6 cm³/mol. The highest BCUT2D eigenvalue weighted by atomic mass is 35.5. The second-order valence-corrected chi connectivity index (χ2v) is 3.39. The topological polar surface area (TPSA) is 43.4 Å². The van der Waals surface area contributed by atoms with Crippen molar-refractivity contribution >= 4 is 23.4 Å². The van der Waals surface area contributed by atoms with Crippen LogP contribution in [-0.2, 0) is 0 Å². The van der Waals surface area contributed by atoms with Crippen molar-refractivity contribution < 1.29 is 9.90 Å². The fourth-order valence-electron chi connectivity index (χ4n) is 1.16. The second-order valence-electron chi connectivity index (χ2n) is 2.95. The fraction of sp³-hybridized carbons (Fsp3) is 0.182. The van der Waals surface area contributed by atoms with Crippen LogP contribution < -0.4 is 10.0 Å². The van der Waals surface area contributed by atoms with Gasteiger partial charge in [0.2, 0.25) is 0 Å². The van der Waals surface area contributed by atoms with Crippen molar-refractivity contribution in [2.24, 2.45) is 0 Å². The van der Waals surface area contributed by atoms with Crippen molar-refractivity contribution in [1.29, 1.82) is 0 Å². The molecule has 0 aliphatic rings. The van der Waals surface area contributed by atoms with Gasteiger partial charge in [0.05, 0.1) is 6.04 Å². The highest BCUT2D eigenvalue weighted by Gasteiger charge is 2.12. The molecule has 0 aliphatic carbocycles. The number of carbonyl (C=O) groups excluding carboxylic acids is 1. The molecule has 1 atom stereocenters. The Kier molecular flexibility index (Phi) is 3.59. The number of terminal acetylenes is 1. The summed E-state index contributed by atoms with van der Waals surface area (Å²) in [5, 5.41) is 11.4. The van der Waals surface area contributed by atoms with Gasteiger partial charge in [-0.3, -0.25) is 0 Å². The molecule has 0 fully saturated rings. The molecule has 0 spiro atoms. The van der Waals surface area contributed by atoms with Crippen molar-refractivity contribution in [2.75, 3.05) is 4.90 Å². The third-order valence-electron chi connectivity index (χ3n) is 1.93. The molecule has 1 amide bonds. The first-order valence-corrected chi connectivity index (χ1v) is 4.66. The van der Waals surface area contributed by atoms with Gasteiger partial charge < -0.3 is 14.8 Å². The Balaban J connectivity index is 3.06. The van der Waals surface area contributed by atoms with Gasteiger partial charge in [-0.15, -0.1) is 6.42 Å². The lowest BCUT2D eigenvalue weighted by atomic mass is 10.2. The molecule has 4 heteroatoms. The number of amides is 1. The van der Waals surface area contributed by atoms with Crippen LogP contribution in [0.3, 0.4) is 0 Å². The highest BCUT2D eigenvalue weighted by Crippen LogP contribution is 2.19. The van der Waals surface area contributed by atoms with Gasteiger partial charge >= 0.3 is 0 Å². The highest BCUT2D eigenvalue weighted by molar-refractivity contribution is 6.30. The van der Waals surface area contributed by atoms with Crippen molar-refractivity contribution in [3.8, 4) is 12.3 Å². The first kappa shape index (κ1) is 11.4. The summed E-state index contributed by atoms with van der Waals surface area (Å²) in [4.78, 5) is 11.9. The zero-order valence-electron chi connectivity index (χ0n) is 8.11. The van der Waals surface area contributed by atoms with Crippen LogP contribution in [0.1, 0.15) is 6.92 Å². The third-order valence-corrected chi connectivity index (χ3v) is 2.18. The Morgan fingerprint density at radius 3 is 2.47 bits per heavy atom. The lowest BCUT2D eigenvalue weighted by Crippen LogP contribution is -2.46. The van der Waals surface area contributed by atoms with Crippen LogP contribution >= 0.6 is 11.6 Å². The Labute approximate surface area is 93.3 Å². The number of benzene rings is 1. The smallest absolute Gasteiger partial charge is 0.142 e. The molecule has 1 rings (SSSR count). The monoisotopic (exact) mass is 222 g/mol. The molecule has 0 aromatic heterocycles. The fourth-order valence-corrected chi connectivity index (χ4v) is 1.29. The van der Waals surface area contributed by atoms with Crippen LogP contribution in [-0.4, -0.2) is 12.1 Å². The maximum Gasteiger partial charge on any atom is 0.142 e. The number of nitrogens with zero attached hydrogens (tertiary/aromatic N) is 1. The lowest BCUT2D eigenvalue weighted by Gasteiger charge is -2.28. The Morgan fingerprint density at radius 2 is 2.07 bits per heavy atom. The van der Waals surface area contributed by atoms with Gasteiger partial charge in [-0.2, -0.15) is 0 Å². The van der Waals surface area contributed by atoms with Gasteiger partial charge in [0, 0.05) is 10.7 Å². The van der Waals surface area contributed by atoms with E-state index in [1.807, 2.05) is 0 Å². The molecule has 0 radical (unpaired) electrons. The Bertz CT molecular complexity index is 394. The van der Waals surface area contributed by atoms with E-state index < -0.39 is 12.1 Å². The third kappa shape index (κ3) is 2.64. The van der Waals surface area contributed by atoms with E-state index in [1.165, 1.54) is 0 Å². The molecule has 1 unspecified atom stereocenters. The van der Waals surface area contributed by atoms with Gasteiger partial charge in [0.25, 0.3) is 0 Å². The Hall–Kier alpha value is -1.66. The molecule has 0 aliphatic heterocycles. The van der Waals surface area contributed by atoms with E-state index in [-0.39, 0.29) is 0 Å². The van der Waals surface area contributed by atoms with Crippen LogP contribution in [0.15, 0.2) is 24.3 Å². The quantitative estimate of drug-likeness (QED) is 0.712. The number of rotatable bonds is 2. The standard InChI is InChI=1S/C11H10ClNO2/c1-3-8(2)13(11(14)15)10-6-4-9(12)5-7-10/h1,4-8H,2H3,(H,14,15)/p-1. The molecule has 0 heterocycles. The first-order valence-electron chi connectivity index (χ1n) is 4.28. The number of carboxylic acid groups (broad SMARTS) is 1. The van der Waals surface area contributed by atoms with E-state index in [1.54, 1.807) is 31.2 Å². The SMILES string of the molecule is C#CC(C)N(C(=O)[O-])c1ccc(Cl)cc1. The molecular formula is C11H9ClNO2-. The van der Waals surface area contributed by atoms with Gasteiger partial charge in [0.1, 0.15) is 6.09 Å². The minimum Gasteiger partial charge on any atom is -0.530 e. The number of anilines is 1. The second kappa shape index (κ2) is 4.72. The van der Waals surface area contributed by atoms with Gasteiger partial charge in [-0.05, 0) is 31.2 Å². The van der Waals surface area contributed by atoms with Gasteiger partial charge in [-0.1, -0.05) is 17.5 Å². The van der Waals surface area contributed by atoms with E-state index >= 15 is 0 Å². The van der Waals surface area contributed by atoms with Crippen LogP contribution in [0.2, 0.25) is 5.02 Å². The summed E-state index contributed by atoms with van der Waals surface area (Å²) in [6.45, 7) is 1.60. The largest absolute Gasteiger partial charge is 0.530 e. The number of hydrogen-bond acceptors (Lipinski definition) is 2. The van der Waals surface area contributed by atoms with Crippen molar-refractivity contribution in [1.82, 2.24) is 0 Å². The average Bonchev–Trinajstić information content (AvgIpc) is 2.20. The van der Waals surface area contributed by atoms with E-state index in [0.29, 0.717) is 10.7 Å². The Morgan fingerprint density at radius 1 is 1.53 bits per heavy atom. The summed E-state index contributed by atoms with van der Waals surface area (Å²) < 4.78 is 0. The van der Waals surface area contributed by atoms with Crippen molar-refractivity contribution in [3.63, 3.8) is 0 Å². The summed E-state index contributed by atoms with van der Waals surface area (Å²) in [5.41, 5.74) is 0.449. The maximum absolute atomic E-state index is 10.9. The molecular weight excluding hydrogens is 214 g/mol. The summed E-state index contributed by atoms with van der Waals surface area (Å²) in [6, 6.07) is 5.76. The van der Waals surface area contributed by atoms with E-state index in [9.17, 15) is 9.90 Å². The van der Waals surface area contributed by atoms with Crippen LogP contribution in [0.5, 0.6) is 0 Å². The maximum atomic E-state index is 10.9. The minimum atomic E-state index is -1.33. The molecule has 15 heavy (non-hydrogen) atoms. The van der Waals surface area contributed by atoms with E-state index in [2.05, 4.69) is 5.92 Å². The zero-order chi connectivity index (χ0) is 11.4. The van der Waals surface area contributed by atoms with E-state index in [0.717, 1.165) is 4.90 Å². The first-order chi connectivity index (χ1) is 7.06. The molecule has 1 aromatic rings. The summed E-state index contributed by atoms with van der Waals surface area (Å²) in [7, 11) is 0. The van der Waals surface area contributed by atoms with Gasteiger partial charge in [-0.25, -0.2) is 0 Å². The van der Waals surface area contributed by atoms with E-state index in [4.69, 9.17) is 18.0 Å². The molecule has 0 saturated heterocycles. The molecule has 1 aromatic carbocycles. The predicted octanol–water partition coefficient (Wildman–Crippen LogP) is 1.51. The molecule has 0 saturated carbocycles. The zero-order valence-corrected chi connectivity index (χ0v) is 8.86.